The Labute approximate surface area is 118 Å². The van der Waals surface area contributed by atoms with Gasteiger partial charge in [0.05, 0.1) is 22.4 Å². The van der Waals surface area contributed by atoms with E-state index in [1.165, 1.54) is 5.01 Å². The maximum atomic E-state index is 4.32. The Morgan fingerprint density at radius 2 is 2.21 bits per heavy atom. The predicted molar refractivity (Wildman–Crippen MR) is 77.3 cm³/mol. The summed E-state index contributed by atoms with van der Waals surface area (Å²) in [6, 6.07) is 0. The number of rotatable bonds is 5. The van der Waals surface area contributed by atoms with Gasteiger partial charge in [-0.25, -0.2) is 9.67 Å². The van der Waals surface area contributed by atoms with E-state index in [1.54, 1.807) is 11.3 Å². The van der Waals surface area contributed by atoms with Crippen LogP contribution in [0.1, 0.15) is 44.3 Å². The standard InChI is InChI=1S/C13H21N5S/c1-10(12-15-5-6-19-12)7-14-8-11-9-18(17-16-11)13(2,3)4/h5-6,9-10,14H,7-8H2,1-4H3. The number of hydrogen-bond acceptors (Lipinski definition) is 5. The average Bonchev–Trinajstić information content (AvgIpc) is 2.99. The van der Waals surface area contributed by atoms with Crippen molar-refractivity contribution in [1.29, 1.82) is 0 Å². The molecule has 6 heteroatoms. The van der Waals surface area contributed by atoms with Crippen LogP contribution in [0.5, 0.6) is 0 Å². The minimum absolute atomic E-state index is 0.0145. The Kier molecular flexibility index (Phi) is 4.31. The van der Waals surface area contributed by atoms with Crippen molar-refractivity contribution in [1.82, 2.24) is 25.3 Å². The molecule has 0 amide bonds. The molecule has 0 aromatic carbocycles. The van der Waals surface area contributed by atoms with Gasteiger partial charge in [0.1, 0.15) is 0 Å². The summed E-state index contributed by atoms with van der Waals surface area (Å²) >= 11 is 1.70. The van der Waals surface area contributed by atoms with Crippen molar-refractivity contribution in [3.05, 3.63) is 28.5 Å². The van der Waals surface area contributed by atoms with Crippen molar-refractivity contribution < 1.29 is 0 Å². The lowest BCUT2D eigenvalue weighted by Gasteiger charge is -2.17. The molecule has 0 bridgehead atoms. The Hall–Kier alpha value is -1.27. The Morgan fingerprint density at radius 3 is 2.79 bits per heavy atom. The number of hydrogen-bond donors (Lipinski definition) is 1. The molecule has 19 heavy (non-hydrogen) atoms. The molecule has 0 aliphatic heterocycles. The number of aromatic nitrogens is 4. The maximum absolute atomic E-state index is 4.32. The molecular weight excluding hydrogens is 258 g/mol. The molecule has 1 N–H and O–H groups in total. The predicted octanol–water partition coefficient (Wildman–Crippen LogP) is 2.38. The SMILES string of the molecule is CC(CNCc1cn(C(C)(C)C)nn1)c1nccs1. The van der Waals surface area contributed by atoms with Gasteiger partial charge in [0.15, 0.2) is 0 Å². The van der Waals surface area contributed by atoms with Crippen LogP contribution >= 0.6 is 11.3 Å². The first-order valence-corrected chi connectivity index (χ1v) is 7.36. The van der Waals surface area contributed by atoms with E-state index in [-0.39, 0.29) is 5.54 Å². The fourth-order valence-corrected chi connectivity index (χ4v) is 2.39. The first-order valence-electron chi connectivity index (χ1n) is 6.48. The third kappa shape index (κ3) is 3.84. The molecule has 5 nitrogen and oxygen atoms in total. The van der Waals surface area contributed by atoms with Gasteiger partial charge in [0, 0.05) is 30.6 Å². The van der Waals surface area contributed by atoms with Crippen molar-refractivity contribution >= 4 is 11.3 Å². The first-order chi connectivity index (χ1) is 8.97. The number of nitrogens with zero attached hydrogens (tertiary/aromatic N) is 4. The zero-order valence-corrected chi connectivity index (χ0v) is 12.7. The molecule has 0 saturated carbocycles. The second-order valence-electron chi connectivity index (χ2n) is 5.73. The van der Waals surface area contributed by atoms with Crippen LogP contribution in [0.2, 0.25) is 0 Å². The van der Waals surface area contributed by atoms with Crippen LogP contribution < -0.4 is 5.32 Å². The van der Waals surface area contributed by atoms with Gasteiger partial charge in [-0.3, -0.25) is 0 Å². The molecule has 0 saturated heterocycles. The van der Waals surface area contributed by atoms with Crippen LogP contribution in [0.3, 0.4) is 0 Å². The molecule has 104 valence electrons. The topological polar surface area (TPSA) is 55.6 Å². The second kappa shape index (κ2) is 5.79. The molecule has 1 unspecified atom stereocenters. The first kappa shape index (κ1) is 14.1. The summed E-state index contributed by atoms with van der Waals surface area (Å²) in [4.78, 5) is 4.32. The molecule has 0 aliphatic rings. The van der Waals surface area contributed by atoms with E-state index in [0.29, 0.717) is 5.92 Å². The molecular formula is C13H21N5S. The van der Waals surface area contributed by atoms with Gasteiger partial charge in [-0.2, -0.15) is 0 Å². The zero-order valence-electron chi connectivity index (χ0n) is 11.9. The van der Waals surface area contributed by atoms with E-state index in [2.05, 4.69) is 48.3 Å². The fraction of sp³-hybridized carbons (Fsp3) is 0.615. The highest BCUT2D eigenvalue weighted by Gasteiger charge is 2.15. The van der Waals surface area contributed by atoms with Gasteiger partial charge in [-0.15, -0.1) is 16.4 Å². The van der Waals surface area contributed by atoms with Crippen molar-refractivity contribution in [3.63, 3.8) is 0 Å². The molecule has 2 heterocycles. The summed E-state index contributed by atoms with van der Waals surface area (Å²) < 4.78 is 1.90. The van der Waals surface area contributed by atoms with Crippen molar-refractivity contribution in [2.75, 3.05) is 6.54 Å². The number of nitrogens with one attached hydrogen (secondary N) is 1. The summed E-state index contributed by atoms with van der Waals surface area (Å²) in [5.74, 6) is 0.428. The number of thiazole rings is 1. The van der Waals surface area contributed by atoms with E-state index in [9.17, 15) is 0 Å². The minimum atomic E-state index is -0.0145. The lowest BCUT2D eigenvalue weighted by molar-refractivity contribution is 0.347. The smallest absolute Gasteiger partial charge is 0.0965 e. The molecule has 0 fully saturated rings. The Balaban J connectivity index is 1.81. The monoisotopic (exact) mass is 279 g/mol. The highest BCUT2D eigenvalue weighted by molar-refractivity contribution is 7.09. The summed E-state index contributed by atoms with van der Waals surface area (Å²) in [6.07, 6.45) is 3.85. The van der Waals surface area contributed by atoms with Crippen LogP contribution in [-0.2, 0) is 12.1 Å². The summed E-state index contributed by atoms with van der Waals surface area (Å²) in [5, 5.41) is 14.9. The fourth-order valence-electron chi connectivity index (χ4n) is 1.69. The van der Waals surface area contributed by atoms with Gasteiger partial charge < -0.3 is 5.32 Å². The van der Waals surface area contributed by atoms with Crippen LogP contribution in [0, 0.1) is 0 Å². The van der Waals surface area contributed by atoms with Crippen molar-refractivity contribution in [2.45, 2.75) is 45.7 Å². The third-order valence-electron chi connectivity index (χ3n) is 2.86. The van der Waals surface area contributed by atoms with E-state index in [0.717, 1.165) is 18.8 Å². The van der Waals surface area contributed by atoms with Gasteiger partial charge in [0.25, 0.3) is 0 Å². The average molecular weight is 279 g/mol. The largest absolute Gasteiger partial charge is 0.310 e. The molecule has 2 aromatic heterocycles. The normalized spacial score (nSPS) is 13.7. The van der Waals surface area contributed by atoms with E-state index >= 15 is 0 Å². The molecule has 2 aromatic rings. The van der Waals surface area contributed by atoms with Crippen molar-refractivity contribution in [3.8, 4) is 0 Å². The maximum Gasteiger partial charge on any atom is 0.0965 e. The van der Waals surface area contributed by atoms with Crippen LogP contribution in [-0.4, -0.2) is 26.5 Å². The minimum Gasteiger partial charge on any atom is -0.310 e. The lowest BCUT2D eigenvalue weighted by atomic mass is 10.1. The third-order valence-corrected chi connectivity index (χ3v) is 3.86. The van der Waals surface area contributed by atoms with Gasteiger partial charge in [-0.05, 0) is 20.8 Å². The quantitative estimate of drug-likeness (QED) is 0.913. The summed E-state index contributed by atoms with van der Waals surface area (Å²) in [7, 11) is 0. The molecule has 0 aliphatic carbocycles. The van der Waals surface area contributed by atoms with Crippen molar-refractivity contribution in [2.24, 2.45) is 0 Å². The Bertz CT molecular complexity index is 497. The molecule has 0 radical (unpaired) electrons. The van der Waals surface area contributed by atoms with Gasteiger partial charge >= 0.3 is 0 Å². The van der Waals surface area contributed by atoms with Crippen LogP contribution in [0.4, 0.5) is 0 Å². The van der Waals surface area contributed by atoms with E-state index in [4.69, 9.17) is 0 Å². The summed E-state index contributed by atoms with van der Waals surface area (Å²) in [6.45, 7) is 10.2. The highest BCUT2D eigenvalue weighted by Crippen LogP contribution is 2.16. The molecule has 0 spiro atoms. The van der Waals surface area contributed by atoms with Crippen LogP contribution in [0.15, 0.2) is 17.8 Å². The zero-order chi connectivity index (χ0) is 13.9. The second-order valence-corrected chi connectivity index (χ2v) is 6.65. The highest BCUT2D eigenvalue weighted by atomic mass is 32.1. The molecule has 1 atom stereocenters. The lowest BCUT2D eigenvalue weighted by Crippen LogP contribution is -2.22. The van der Waals surface area contributed by atoms with E-state index < -0.39 is 0 Å². The van der Waals surface area contributed by atoms with Gasteiger partial charge in [0.2, 0.25) is 0 Å². The van der Waals surface area contributed by atoms with E-state index in [1.807, 2.05) is 22.5 Å². The van der Waals surface area contributed by atoms with Gasteiger partial charge in [-0.1, -0.05) is 12.1 Å². The molecule has 2 rings (SSSR count). The van der Waals surface area contributed by atoms with Crippen LogP contribution in [0.25, 0.3) is 0 Å². The summed E-state index contributed by atoms with van der Waals surface area (Å²) in [5.41, 5.74) is 0.959. The Morgan fingerprint density at radius 1 is 1.42 bits per heavy atom.